The molecule has 3 aliphatic rings. The van der Waals surface area contributed by atoms with E-state index in [2.05, 4.69) is 45.1 Å². The first-order valence-electron chi connectivity index (χ1n) is 9.64. The molecule has 1 aromatic heterocycles. The van der Waals surface area contributed by atoms with Crippen molar-refractivity contribution in [1.29, 1.82) is 0 Å². The summed E-state index contributed by atoms with van der Waals surface area (Å²) in [6, 6.07) is 11.0. The molecule has 0 spiro atoms. The number of aromatic nitrogens is 2. The van der Waals surface area contributed by atoms with E-state index in [0.29, 0.717) is 18.5 Å². The van der Waals surface area contributed by atoms with Gasteiger partial charge in [0.2, 0.25) is 5.91 Å². The van der Waals surface area contributed by atoms with Crippen LogP contribution in [-0.4, -0.2) is 50.9 Å². The molecular weight excluding hydrogens is 324 g/mol. The fourth-order valence-corrected chi connectivity index (χ4v) is 4.40. The van der Waals surface area contributed by atoms with Crippen molar-refractivity contribution in [1.82, 2.24) is 19.4 Å². The van der Waals surface area contributed by atoms with Crippen molar-refractivity contribution in [3.8, 4) is 0 Å². The molecule has 0 N–H and O–H groups in total. The molecule has 4 heterocycles. The van der Waals surface area contributed by atoms with Crippen LogP contribution in [-0.2, 0) is 17.9 Å². The zero-order valence-corrected chi connectivity index (χ0v) is 15.8. The molecule has 3 fully saturated rings. The number of fused-ring (bicyclic) bond motifs is 4. The Bertz CT molecular complexity index is 770. The summed E-state index contributed by atoms with van der Waals surface area (Å²) in [6.45, 7) is 8.40. The second-order valence-electron chi connectivity index (χ2n) is 7.87. The first-order chi connectivity index (χ1) is 12.6. The molecular formula is C21H28N4O. The highest BCUT2D eigenvalue weighted by atomic mass is 16.2. The van der Waals surface area contributed by atoms with Gasteiger partial charge in [0, 0.05) is 37.9 Å². The van der Waals surface area contributed by atoms with E-state index in [9.17, 15) is 4.79 Å². The number of amides is 1. The van der Waals surface area contributed by atoms with Crippen LogP contribution in [0.15, 0.2) is 36.7 Å². The summed E-state index contributed by atoms with van der Waals surface area (Å²) in [7, 11) is 0. The third kappa shape index (κ3) is 3.54. The predicted octanol–water partition coefficient (Wildman–Crippen LogP) is 2.62. The van der Waals surface area contributed by atoms with E-state index >= 15 is 0 Å². The average molecular weight is 352 g/mol. The Kier molecular flexibility index (Phi) is 4.81. The van der Waals surface area contributed by atoms with E-state index in [-0.39, 0.29) is 5.91 Å². The number of aryl methyl sites for hydroxylation is 1. The van der Waals surface area contributed by atoms with E-state index in [1.54, 1.807) is 6.33 Å². The number of hydrogen-bond acceptors (Lipinski definition) is 3. The Balaban J connectivity index is 1.44. The highest BCUT2D eigenvalue weighted by Gasteiger charge is 2.37. The summed E-state index contributed by atoms with van der Waals surface area (Å²) < 4.78 is 1.98. The van der Waals surface area contributed by atoms with Gasteiger partial charge >= 0.3 is 0 Å². The summed E-state index contributed by atoms with van der Waals surface area (Å²) in [4.78, 5) is 22.0. The quantitative estimate of drug-likeness (QED) is 0.849. The van der Waals surface area contributed by atoms with E-state index in [0.717, 1.165) is 44.0 Å². The number of hydrogen-bond donors (Lipinski definition) is 0. The van der Waals surface area contributed by atoms with Gasteiger partial charge in [0.25, 0.3) is 0 Å². The largest absolute Gasteiger partial charge is 0.337 e. The molecule has 3 saturated heterocycles. The number of imidazole rings is 1. The highest BCUT2D eigenvalue weighted by molar-refractivity contribution is 5.76. The van der Waals surface area contributed by atoms with Gasteiger partial charge < -0.3 is 9.47 Å². The lowest BCUT2D eigenvalue weighted by Gasteiger charge is -2.36. The third-order valence-electron chi connectivity index (χ3n) is 6.01. The number of rotatable bonds is 4. The SMILES string of the molecule is Cc1ncn(CC(=O)N2C[C@@H]3CC[C@H]2CN(Cc2ccccc2)C3)c1C. The molecule has 1 aromatic carbocycles. The van der Waals surface area contributed by atoms with E-state index in [1.165, 1.54) is 12.0 Å². The summed E-state index contributed by atoms with van der Waals surface area (Å²) in [5, 5.41) is 0. The summed E-state index contributed by atoms with van der Waals surface area (Å²) in [5.41, 5.74) is 3.45. The minimum Gasteiger partial charge on any atom is -0.337 e. The fourth-order valence-electron chi connectivity index (χ4n) is 4.40. The lowest BCUT2D eigenvalue weighted by Crippen LogP contribution is -2.48. The van der Waals surface area contributed by atoms with Gasteiger partial charge in [-0.15, -0.1) is 0 Å². The summed E-state index contributed by atoms with van der Waals surface area (Å²) in [6.07, 6.45) is 4.16. The number of carbonyl (C=O) groups is 1. The molecule has 2 aromatic rings. The van der Waals surface area contributed by atoms with Crippen LogP contribution >= 0.6 is 0 Å². The van der Waals surface area contributed by atoms with Crippen LogP contribution < -0.4 is 0 Å². The lowest BCUT2D eigenvalue weighted by molar-refractivity contribution is -0.136. The van der Waals surface area contributed by atoms with Gasteiger partial charge in [-0.2, -0.15) is 0 Å². The van der Waals surface area contributed by atoms with Gasteiger partial charge in [-0.1, -0.05) is 30.3 Å². The second-order valence-corrected chi connectivity index (χ2v) is 7.87. The van der Waals surface area contributed by atoms with Crippen molar-refractivity contribution in [2.24, 2.45) is 5.92 Å². The molecule has 0 aliphatic carbocycles. The Morgan fingerprint density at radius 2 is 1.92 bits per heavy atom. The van der Waals surface area contributed by atoms with Gasteiger partial charge in [-0.25, -0.2) is 4.98 Å². The summed E-state index contributed by atoms with van der Waals surface area (Å²) >= 11 is 0. The van der Waals surface area contributed by atoms with Crippen molar-refractivity contribution in [3.05, 3.63) is 53.6 Å². The molecule has 5 heteroatoms. The molecule has 26 heavy (non-hydrogen) atoms. The van der Waals surface area contributed by atoms with Gasteiger partial charge in [0.1, 0.15) is 6.54 Å². The normalized spacial score (nSPS) is 23.2. The lowest BCUT2D eigenvalue weighted by atomic mass is 9.95. The molecule has 2 bridgehead atoms. The zero-order valence-electron chi connectivity index (χ0n) is 15.8. The maximum Gasteiger partial charge on any atom is 0.242 e. The van der Waals surface area contributed by atoms with Gasteiger partial charge in [0.05, 0.1) is 12.0 Å². The Morgan fingerprint density at radius 3 is 2.65 bits per heavy atom. The molecule has 1 amide bonds. The first-order valence-corrected chi connectivity index (χ1v) is 9.64. The van der Waals surface area contributed by atoms with Crippen molar-refractivity contribution in [3.63, 3.8) is 0 Å². The smallest absolute Gasteiger partial charge is 0.242 e. The minimum absolute atomic E-state index is 0.238. The van der Waals surface area contributed by atoms with Crippen LogP contribution in [0.5, 0.6) is 0 Å². The molecule has 3 aliphatic heterocycles. The second kappa shape index (κ2) is 7.23. The minimum atomic E-state index is 0.238. The van der Waals surface area contributed by atoms with Crippen molar-refractivity contribution in [2.75, 3.05) is 19.6 Å². The molecule has 5 nitrogen and oxygen atoms in total. The standard InChI is InChI=1S/C21H28N4O/c1-16-17(2)24(15-22-16)14-21(26)25-12-19-8-9-20(25)13-23(11-19)10-18-6-4-3-5-7-18/h3-7,15,19-20H,8-14H2,1-2H3/t19-,20+/m1/s1. The van der Waals surface area contributed by atoms with Crippen molar-refractivity contribution < 1.29 is 4.79 Å². The maximum atomic E-state index is 13.0. The Morgan fingerprint density at radius 1 is 1.12 bits per heavy atom. The molecule has 0 saturated carbocycles. The van der Waals surface area contributed by atoms with Crippen molar-refractivity contribution >= 4 is 5.91 Å². The average Bonchev–Trinajstić information content (AvgIpc) is 2.82. The van der Waals surface area contributed by atoms with E-state index < -0.39 is 0 Å². The molecule has 5 rings (SSSR count). The number of carbonyl (C=O) groups excluding carboxylic acids is 1. The predicted molar refractivity (Wildman–Crippen MR) is 102 cm³/mol. The number of nitrogens with zero attached hydrogens (tertiary/aromatic N) is 4. The summed E-state index contributed by atoms with van der Waals surface area (Å²) in [5.74, 6) is 0.828. The number of benzene rings is 1. The Labute approximate surface area is 155 Å². The van der Waals surface area contributed by atoms with Crippen LogP contribution in [0.1, 0.15) is 29.8 Å². The van der Waals surface area contributed by atoms with Crippen LogP contribution in [0.2, 0.25) is 0 Å². The van der Waals surface area contributed by atoms with Gasteiger partial charge in [0.15, 0.2) is 0 Å². The van der Waals surface area contributed by atoms with Gasteiger partial charge in [-0.3, -0.25) is 9.69 Å². The highest BCUT2D eigenvalue weighted by Crippen LogP contribution is 2.29. The van der Waals surface area contributed by atoms with Crippen LogP contribution in [0, 0.1) is 19.8 Å². The van der Waals surface area contributed by atoms with Crippen LogP contribution in [0.4, 0.5) is 0 Å². The maximum absolute atomic E-state index is 13.0. The zero-order chi connectivity index (χ0) is 18.1. The van der Waals surface area contributed by atoms with Gasteiger partial charge in [-0.05, 0) is 38.2 Å². The fraction of sp³-hybridized carbons (Fsp3) is 0.524. The third-order valence-corrected chi connectivity index (χ3v) is 6.01. The monoisotopic (exact) mass is 352 g/mol. The molecule has 138 valence electrons. The number of piperidine rings is 1. The van der Waals surface area contributed by atoms with Crippen LogP contribution in [0.3, 0.4) is 0 Å². The van der Waals surface area contributed by atoms with E-state index in [4.69, 9.17) is 0 Å². The topological polar surface area (TPSA) is 41.4 Å². The first kappa shape index (κ1) is 17.3. The Hall–Kier alpha value is -2.14. The van der Waals surface area contributed by atoms with E-state index in [1.807, 2.05) is 18.4 Å². The molecule has 0 radical (unpaired) electrons. The van der Waals surface area contributed by atoms with Crippen molar-refractivity contribution in [2.45, 2.75) is 45.8 Å². The molecule has 2 atom stereocenters. The molecule has 0 unspecified atom stereocenters. The van der Waals surface area contributed by atoms with Crippen LogP contribution in [0.25, 0.3) is 0 Å².